The lowest BCUT2D eigenvalue weighted by Crippen LogP contribution is -2.70. The molecule has 2 bridgehead atoms. The van der Waals surface area contributed by atoms with Gasteiger partial charge in [0.05, 0.1) is 18.3 Å². The largest absolute Gasteiger partial charge is 0.393 e. The first-order chi connectivity index (χ1) is 7.82. The molecule has 3 fully saturated rings. The third kappa shape index (κ3) is 1.04. The van der Waals surface area contributed by atoms with Crippen molar-refractivity contribution in [3.05, 3.63) is 0 Å². The molecule has 6 nitrogen and oxygen atoms in total. The normalized spacial score (nSPS) is 60.4. The molecule has 2 heterocycles. The molecule has 1 aliphatic carbocycles. The van der Waals surface area contributed by atoms with E-state index in [0.29, 0.717) is 0 Å². The van der Waals surface area contributed by atoms with E-state index in [9.17, 15) is 23.7 Å². The van der Waals surface area contributed by atoms with Gasteiger partial charge in [-0.1, -0.05) is 6.92 Å². The molecule has 2 aliphatic heterocycles. The van der Waals surface area contributed by atoms with E-state index in [2.05, 4.69) is 0 Å². The maximum atomic E-state index is 11.1. The molecule has 7 heteroatoms. The zero-order valence-corrected chi connectivity index (χ0v) is 10.3. The van der Waals surface area contributed by atoms with Crippen molar-refractivity contribution < 1.29 is 28.5 Å². The van der Waals surface area contributed by atoms with Gasteiger partial charge in [-0.15, -0.1) is 0 Å². The van der Waals surface area contributed by atoms with Crippen LogP contribution in [0.4, 0.5) is 0 Å². The quantitative estimate of drug-likeness (QED) is 0.439. The van der Waals surface area contributed by atoms with Gasteiger partial charge in [-0.3, -0.25) is 0 Å². The summed E-state index contributed by atoms with van der Waals surface area (Å²) in [4.78, 5) is -1.78. The second-order valence-corrected chi connectivity index (χ2v) is 6.87. The molecular weight excluding hydrogens is 248 g/mol. The second-order valence-electron chi connectivity index (χ2n) is 5.58. The summed E-state index contributed by atoms with van der Waals surface area (Å²) in [5.74, 6) is -0.882. The number of ether oxygens (including phenoxy) is 1. The van der Waals surface area contributed by atoms with Gasteiger partial charge in [0, 0.05) is 18.3 Å². The van der Waals surface area contributed by atoms with Gasteiger partial charge in [0.1, 0.15) is 5.60 Å². The highest BCUT2D eigenvalue weighted by Gasteiger charge is 2.81. The molecular formula is C10H16O6S. The van der Waals surface area contributed by atoms with Gasteiger partial charge >= 0.3 is 0 Å². The molecule has 98 valence electrons. The zero-order chi connectivity index (χ0) is 12.6. The van der Waals surface area contributed by atoms with Gasteiger partial charge in [-0.2, -0.15) is 0 Å². The van der Waals surface area contributed by atoms with Gasteiger partial charge < -0.3 is 20.1 Å². The first-order valence-corrected chi connectivity index (χ1v) is 6.86. The van der Waals surface area contributed by atoms with Gasteiger partial charge in [0.25, 0.3) is 0 Å². The Morgan fingerprint density at radius 2 is 2.12 bits per heavy atom. The highest BCUT2D eigenvalue weighted by Crippen LogP contribution is 2.68. The Balaban J connectivity index is 2.02. The van der Waals surface area contributed by atoms with Crippen LogP contribution in [0.15, 0.2) is 0 Å². The Bertz CT molecular complexity index is 442. The van der Waals surface area contributed by atoms with Crippen LogP contribution in [0.3, 0.4) is 0 Å². The van der Waals surface area contributed by atoms with Crippen molar-refractivity contribution in [2.75, 3.05) is 6.61 Å². The fourth-order valence-electron chi connectivity index (χ4n) is 3.92. The summed E-state index contributed by atoms with van der Waals surface area (Å²) in [6.45, 7) is 1.51. The Hall–Kier alpha value is -0.210. The maximum Gasteiger partial charge on any atom is 0.171 e. The highest BCUT2D eigenvalue weighted by molar-refractivity contribution is 7.73. The molecule has 17 heavy (non-hydrogen) atoms. The van der Waals surface area contributed by atoms with Gasteiger partial charge in [0.15, 0.2) is 15.6 Å². The Morgan fingerprint density at radius 3 is 2.65 bits per heavy atom. The maximum absolute atomic E-state index is 11.1. The first kappa shape index (κ1) is 11.9. The van der Waals surface area contributed by atoms with E-state index in [0.717, 1.165) is 0 Å². The van der Waals surface area contributed by atoms with E-state index in [1.165, 1.54) is 0 Å². The average molecular weight is 264 g/mol. The van der Waals surface area contributed by atoms with Crippen molar-refractivity contribution in [1.29, 1.82) is 0 Å². The molecule has 3 N–H and O–H groups in total. The summed E-state index contributed by atoms with van der Waals surface area (Å²) in [7, 11) is -2.98. The number of thiol groups is 1. The Morgan fingerprint density at radius 1 is 1.47 bits per heavy atom. The fourth-order valence-corrected chi connectivity index (χ4v) is 4.86. The van der Waals surface area contributed by atoms with Crippen molar-refractivity contribution in [2.24, 2.45) is 11.8 Å². The van der Waals surface area contributed by atoms with Crippen LogP contribution in [0.25, 0.3) is 0 Å². The second kappa shape index (κ2) is 3.03. The summed E-state index contributed by atoms with van der Waals surface area (Å²) < 4.78 is 27.9. The van der Waals surface area contributed by atoms with Crippen LogP contribution in [0.5, 0.6) is 0 Å². The lowest BCUT2D eigenvalue weighted by atomic mass is 9.56. The molecule has 0 aromatic carbocycles. The van der Waals surface area contributed by atoms with Gasteiger partial charge in [0.2, 0.25) is 0 Å². The van der Waals surface area contributed by atoms with Crippen LogP contribution in [-0.4, -0.2) is 52.6 Å². The molecule has 0 radical (unpaired) electrons. The summed E-state index contributed by atoms with van der Waals surface area (Å²) >= 11 is 0. The standard InChI is InChI=1S/C10H16O6S/c1-5-7(12)9-3-10(13,17(14)15)6(9)2-8(5,4-11)16-9/h5-7,11-13,17H,2-4H2,1H3. The number of aliphatic hydroxyl groups excluding tert-OH is 2. The number of hydrogen-bond acceptors (Lipinski definition) is 6. The van der Waals surface area contributed by atoms with Crippen molar-refractivity contribution in [3.8, 4) is 0 Å². The smallest absolute Gasteiger partial charge is 0.171 e. The van der Waals surface area contributed by atoms with E-state index >= 15 is 0 Å². The summed E-state index contributed by atoms with van der Waals surface area (Å²) in [5.41, 5.74) is -1.88. The van der Waals surface area contributed by atoms with Crippen LogP contribution in [0.1, 0.15) is 19.8 Å². The van der Waals surface area contributed by atoms with Gasteiger partial charge in [-0.25, -0.2) is 8.42 Å². The van der Waals surface area contributed by atoms with Gasteiger partial charge in [-0.05, 0) is 6.42 Å². The average Bonchev–Trinajstić information content (AvgIpc) is 2.68. The monoisotopic (exact) mass is 264 g/mol. The van der Waals surface area contributed by atoms with Crippen LogP contribution in [0, 0.1) is 11.8 Å². The van der Waals surface area contributed by atoms with E-state index < -0.39 is 38.9 Å². The third-order valence-electron chi connectivity index (χ3n) is 5.02. The lowest BCUT2D eigenvalue weighted by Gasteiger charge is -2.55. The minimum Gasteiger partial charge on any atom is -0.393 e. The van der Waals surface area contributed by atoms with Crippen molar-refractivity contribution in [2.45, 2.75) is 42.0 Å². The SMILES string of the molecule is CC1C(O)C23CC(O)([SH](=O)=O)C2CC1(CO)O3. The molecule has 0 amide bonds. The Kier molecular flexibility index (Phi) is 2.11. The summed E-state index contributed by atoms with van der Waals surface area (Å²) in [6.07, 6.45) is -0.651. The van der Waals surface area contributed by atoms with E-state index in [-0.39, 0.29) is 25.4 Å². The summed E-state index contributed by atoms with van der Waals surface area (Å²) in [5, 5.41) is 29.6. The first-order valence-electron chi connectivity index (χ1n) is 5.68. The number of hydrogen-bond donors (Lipinski definition) is 4. The zero-order valence-electron chi connectivity index (χ0n) is 9.37. The van der Waals surface area contributed by atoms with Crippen LogP contribution in [-0.2, 0) is 15.4 Å². The highest BCUT2D eigenvalue weighted by atomic mass is 32.2. The predicted octanol–water partition coefficient (Wildman–Crippen LogP) is -1.79. The minimum absolute atomic E-state index is 0.101. The molecule has 3 aliphatic rings. The Labute approximate surface area is 100 Å². The predicted molar refractivity (Wildman–Crippen MR) is 56.8 cm³/mol. The summed E-state index contributed by atoms with van der Waals surface area (Å²) in [6, 6.07) is 0. The van der Waals surface area contributed by atoms with Crippen molar-refractivity contribution in [1.82, 2.24) is 0 Å². The molecule has 0 aromatic heterocycles. The molecule has 2 saturated heterocycles. The molecule has 0 aromatic rings. The van der Waals surface area contributed by atoms with E-state index in [1.807, 2.05) is 0 Å². The topological polar surface area (TPSA) is 104 Å². The number of aliphatic hydroxyl groups is 3. The van der Waals surface area contributed by atoms with E-state index in [1.54, 1.807) is 6.92 Å². The van der Waals surface area contributed by atoms with Crippen molar-refractivity contribution in [3.63, 3.8) is 0 Å². The van der Waals surface area contributed by atoms with Crippen LogP contribution in [0.2, 0.25) is 0 Å². The molecule has 3 rings (SSSR count). The number of fused-ring (bicyclic) bond motifs is 1. The lowest BCUT2D eigenvalue weighted by molar-refractivity contribution is -0.208. The molecule has 1 spiro atoms. The number of rotatable bonds is 2. The van der Waals surface area contributed by atoms with Crippen LogP contribution >= 0.6 is 0 Å². The molecule has 6 unspecified atom stereocenters. The third-order valence-corrected chi connectivity index (χ3v) is 6.12. The van der Waals surface area contributed by atoms with Crippen molar-refractivity contribution >= 4 is 10.7 Å². The minimum atomic E-state index is -2.98. The van der Waals surface area contributed by atoms with Crippen LogP contribution < -0.4 is 0 Å². The fraction of sp³-hybridized carbons (Fsp3) is 1.00. The van der Waals surface area contributed by atoms with E-state index in [4.69, 9.17) is 4.74 Å². The molecule has 1 saturated carbocycles. The molecule has 6 atom stereocenters.